The Labute approximate surface area is 199 Å². The lowest BCUT2D eigenvalue weighted by Gasteiger charge is -2.24. The van der Waals surface area contributed by atoms with Crippen LogP contribution in [-0.4, -0.2) is 35.8 Å². The molecule has 2 heterocycles. The molecule has 0 saturated heterocycles. The lowest BCUT2D eigenvalue weighted by Crippen LogP contribution is -2.16. The van der Waals surface area contributed by atoms with Crippen LogP contribution in [0.25, 0.3) is 11.3 Å². The van der Waals surface area contributed by atoms with Gasteiger partial charge in [0, 0.05) is 17.8 Å². The largest absolute Gasteiger partial charge is 0.497 e. The number of hydrogen-bond donors (Lipinski definition) is 2. The van der Waals surface area contributed by atoms with Crippen molar-refractivity contribution in [1.29, 1.82) is 0 Å². The predicted octanol–water partition coefficient (Wildman–Crippen LogP) is 5.14. The highest BCUT2D eigenvalue weighted by Gasteiger charge is 2.23. The molecule has 1 aliphatic rings. The zero-order valence-electron chi connectivity index (χ0n) is 19.9. The summed E-state index contributed by atoms with van der Waals surface area (Å²) in [5.74, 6) is 0.797. The van der Waals surface area contributed by atoms with Crippen LogP contribution in [0.15, 0.2) is 47.1 Å². The number of rotatable bonds is 7. The summed E-state index contributed by atoms with van der Waals surface area (Å²) < 4.78 is 17.7. The Morgan fingerprint density at radius 3 is 2.38 bits per heavy atom. The van der Waals surface area contributed by atoms with Gasteiger partial charge in [0.05, 0.1) is 31.7 Å². The van der Waals surface area contributed by atoms with Gasteiger partial charge < -0.3 is 29.3 Å². The van der Waals surface area contributed by atoms with E-state index in [1.165, 1.54) is 44.4 Å². The fraction of sp³-hybridized carbons (Fsp3) is 0.385. The number of primary amides is 1. The summed E-state index contributed by atoms with van der Waals surface area (Å²) in [5, 5.41) is 9.61. The Kier molecular flexibility index (Phi) is 8.40. The van der Waals surface area contributed by atoms with Gasteiger partial charge in [-0.3, -0.25) is 4.79 Å². The van der Waals surface area contributed by atoms with E-state index in [0.29, 0.717) is 17.2 Å². The number of carbonyl (C=O) groups excluding carboxylic acids is 1. The Morgan fingerprint density at radius 1 is 1.12 bits per heavy atom. The van der Waals surface area contributed by atoms with Crippen molar-refractivity contribution in [3.05, 3.63) is 59.7 Å². The summed E-state index contributed by atoms with van der Waals surface area (Å²) in [6, 6.07) is 10.5. The van der Waals surface area contributed by atoms with Crippen LogP contribution in [0.2, 0.25) is 0 Å². The van der Waals surface area contributed by atoms with Crippen LogP contribution in [-0.2, 0) is 6.54 Å². The monoisotopic (exact) mass is 468 g/mol. The summed E-state index contributed by atoms with van der Waals surface area (Å²) in [5.41, 5.74) is 7.70. The van der Waals surface area contributed by atoms with Gasteiger partial charge in [-0.25, -0.2) is 4.79 Å². The van der Waals surface area contributed by atoms with E-state index < -0.39 is 11.9 Å². The molecular formula is C26H32N2O6. The molecule has 1 saturated carbocycles. The van der Waals surface area contributed by atoms with E-state index in [4.69, 9.17) is 15.2 Å². The molecule has 8 heteroatoms. The molecule has 4 rings (SSSR count). The fourth-order valence-electron chi connectivity index (χ4n) is 4.38. The van der Waals surface area contributed by atoms with Gasteiger partial charge in [0.25, 0.3) is 5.91 Å². The van der Waals surface area contributed by atoms with Crippen LogP contribution < -0.4 is 15.2 Å². The van der Waals surface area contributed by atoms with Gasteiger partial charge >= 0.3 is 5.97 Å². The number of ether oxygens (including phenoxy) is 2. The zero-order chi connectivity index (χ0) is 24.7. The van der Waals surface area contributed by atoms with E-state index in [1.807, 2.05) is 25.1 Å². The third kappa shape index (κ3) is 5.81. The van der Waals surface area contributed by atoms with Gasteiger partial charge in [-0.15, -0.1) is 0 Å². The maximum Gasteiger partial charge on any atom is 0.337 e. The molecule has 1 aromatic carbocycles. The molecule has 3 N–H and O–H groups in total. The van der Waals surface area contributed by atoms with Crippen molar-refractivity contribution < 1.29 is 28.6 Å². The first-order chi connectivity index (χ1) is 16.3. The molecule has 0 unspecified atom stereocenters. The minimum Gasteiger partial charge on any atom is -0.497 e. The average molecular weight is 469 g/mol. The van der Waals surface area contributed by atoms with Crippen LogP contribution >= 0.6 is 0 Å². The Bertz CT molecular complexity index is 1110. The minimum atomic E-state index is -0.895. The lowest BCUT2D eigenvalue weighted by molar-refractivity contribution is 0.0695. The van der Waals surface area contributed by atoms with E-state index in [9.17, 15) is 14.7 Å². The standard InChI is InChI=1S/C21H27NO4.C5H5NO2/c1-14-17(21(23)24)12-19(22(14)13-15-7-5-4-6-8-15)18-11-16(25-2)9-10-20(18)26-3;6-5(7)4-2-1-3-8-4/h9-12,15H,4-8,13H2,1-3H3,(H,23,24);1-3H,(H2,6,7). The first-order valence-electron chi connectivity index (χ1n) is 11.3. The Hall–Kier alpha value is -3.68. The Balaban J connectivity index is 0.000000343. The Morgan fingerprint density at radius 2 is 1.85 bits per heavy atom. The molecule has 3 aromatic rings. The third-order valence-electron chi connectivity index (χ3n) is 6.21. The number of carboxylic acids is 1. The van der Waals surface area contributed by atoms with Crippen LogP contribution in [0, 0.1) is 12.8 Å². The van der Waals surface area contributed by atoms with Crippen molar-refractivity contribution >= 4 is 11.9 Å². The van der Waals surface area contributed by atoms with Crippen LogP contribution in [0.1, 0.15) is 58.7 Å². The van der Waals surface area contributed by atoms with Gasteiger partial charge in [0.1, 0.15) is 11.5 Å². The second-order valence-corrected chi connectivity index (χ2v) is 8.36. The number of carboxylic acid groups (broad SMARTS) is 1. The summed E-state index contributed by atoms with van der Waals surface area (Å²) >= 11 is 0. The smallest absolute Gasteiger partial charge is 0.337 e. The van der Waals surface area contributed by atoms with E-state index in [-0.39, 0.29) is 5.76 Å². The minimum absolute atomic E-state index is 0.199. The number of nitrogens with zero attached hydrogens (tertiary/aromatic N) is 1. The van der Waals surface area contributed by atoms with E-state index in [1.54, 1.807) is 26.4 Å². The normalized spacial score (nSPS) is 13.6. The number of nitrogens with two attached hydrogens (primary N) is 1. The number of amides is 1. The van der Waals surface area contributed by atoms with Gasteiger partial charge in [0.2, 0.25) is 0 Å². The first-order valence-corrected chi connectivity index (χ1v) is 11.3. The molecule has 1 aliphatic carbocycles. The summed E-state index contributed by atoms with van der Waals surface area (Å²) in [6.45, 7) is 2.73. The molecule has 0 aliphatic heterocycles. The highest BCUT2D eigenvalue weighted by Crippen LogP contribution is 2.37. The SMILES string of the molecule is COc1ccc(OC)c(-c2cc(C(=O)O)c(C)n2CC2CCCCC2)c1.NC(=O)c1ccco1. The van der Waals surface area contributed by atoms with E-state index >= 15 is 0 Å². The quantitative estimate of drug-likeness (QED) is 0.496. The van der Waals surface area contributed by atoms with Gasteiger partial charge in [-0.1, -0.05) is 19.3 Å². The van der Waals surface area contributed by atoms with Gasteiger partial charge in [-0.05, 0) is 62.1 Å². The summed E-state index contributed by atoms with van der Waals surface area (Å²) in [6.07, 6.45) is 7.63. The molecule has 0 bridgehead atoms. The van der Waals surface area contributed by atoms with Gasteiger partial charge in [0.15, 0.2) is 5.76 Å². The maximum absolute atomic E-state index is 11.7. The number of methoxy groups -OCH3 is 2. The van der Waals surface area contributed by atoms with Crippen LogP contribution in [0.3, 0.4) is 0 Å². The fourth-order valence-corrected chi connectivity index (χ4v) is 4.38. The first kappa shape index (κ1) is 25.0. The van der Waals surface area contributed by atoms with Crippen molar-refractivity contribution in [3.8, 4) is 22.8 Å². The maximum atomic E-state index is 11.7. The molecule has 8 nitrogen and oxygen atoms in total. The molecular weight excluding hydrogens is 436 g/mol. The number of furan rings is 1. The number of aromatic nitrogens is 1. The topological polar surface area (TPSA) is 117 Å². The van der Waals surface area contributed by atoms with Crippen molar-refractivity contribution in [3.63, 3.8) is 0 Å². The number of carbonyl (C=O) groups is 2. The van der Waals surface area contributed by atoms with E-state index in [0.717, 1.165) is 29.2 Å². The van der Waals surface area contributed by atoms with Crippen molar-refractivity contribution in [1.82, 2.24) is 4.57 Å². The van der Waals surface area contributed by atoms with Crippen molar-refractivity contribution in [2.24, 2.45) is 11.7 Å². The molecule has 1 fully saturated rings. The van der Waals surface area contributed by atoms with Crippen molar-refractivity contribution in [2.45, 2.75) is 45.6 Å². The molecule has 0 radical (unpaired) electrons. The summed E-state index contributed by atoms with van der Waals surface area (Å²) in [7, 11) is 3.26. The molecule has 0 atom stereocenters. The van der Waals surface area contributed by atoms with E-state index in [2.05, 4.69) is 8.98 Å². The average Bonchev–Trinajstić information content (AvgIpc) is 3.49. The number of hydrogen-bond acceptors (Lipinski definition) is 5. The van der Waals surface area contributed by atoms with Crippen LogP contribution in [0.4, 0.5) is 0 Å². The third-order valence-corrected chi connectivity index (χ3v) is 6.21. The molecule has 0 spiro atoms. The molecule has 2 aromatic heterocycles. The predicted molar refractivity (Wildman–Crippen MR) is 128 cm³/mol. The summed E-state index contributed by atoms with van der Waals surface area (Å²) in [4.78, 5) is 21.9. The zero-order valence-corrected chi connectivity index (χ0v) is 19.9. The molecule has 182 valence electrons. The number of aromatic carboxylic acids is 1. The highest BCUT2D eigenvalue weighted by molar-refractivity contribution is 5.91. The van der Waals surface area contributed by atoms with Gasteiger partial charge in [-0.2, -0.15) is 0 Å². The second kappa shape index (κ2) is 11.4. The van der Waals surface area contributed by atoms with Crippen LogP contribution in [0.5, 0.6) is 11.5 Å². The number of benzene rings is 1. The molecule has 1 amide bonds. The van der Waals surface area contributed by atoms with Crippen molar-refractivity contribution in [2.75, 3.05) is 14.2 Å². The second-order valence-electron chi connectivity index (χ2n) is 8.36. The molecule has 34 heavy (non-hydrogen) atoms. The lowest BCUT2D eigenvalue weighted by atomic mass is 9.89. The highest BCUT2D eigenvalue weighted by atomic mass is 16.5.